The van der Waals surface area contributed by atoms with E-state index in [1.54, 1.807) is 0 Å². The molecule has 16 atom stereocenters. The van der Waals surface area contributed by atoms with Gasteiger partial charge in [-0.1, -0.05) is 39.8 Å². The van der Waals surface area contributed by atoms with Gasteiger partial charge in [0, 0.05) is 59.3 Å². The number of aliphatic hydroxyl groups excluding tert-OH is 2. The zero-order chi connectivity index (χ0) is 36.3. The van der Waals surface area contributed by atoms with Gasteiger partial charge in [0.25, 0.3) is 0 Å². The van der Waals surface area contributed by atoms with Gasteiger partial charge in [-0.05, 0) is 162 Å². The quantitative estimate of drug-likeness (QED) is 0.226. The molecular weight excluding hydrogens is 680 g/mol. The summed E-state index contributed by atoms with van der Waals surface area (Å²) in [6.45, 7) is 9.72. The number of halogens is 1. The normalized spacial score (nSPS) is 54.8. The predicted octanol–water partition coefficient (Wildman–Crippen LogP) is 9.38. The Morgan fingerprint density at radius 2 is 0.925 bits per heavy atom. The van der Waals surface area contributed by atoms with Gasteiger partial charge in [-0.15, -0.1) is 12.4 Å². The molecule has 0 spiro atoms. The fourth-order valence-electron chi connectivity index (χ4n) is 16.6. The third-order valence-electron chi connectivity index (χ3n) is 19.7. The lowest BCUT2D eigenvalue weighted by Gasteiger charge is -2.63. The number of aliphatic imine (C=N–C) groups is 2. The highest BCUT2D eigenvalue weighted by atomic mass is 35.5. The van der Waals surface area contributed by atoms with Crippen LogP contribution in [0.2, 0.25) is 0 Å². The van der Waals surface area contributed by atoms with Crippen LogP contribution in [0.15, 0.2) is 33.5 Å². The largest absolute Gasteiger partial charge is 0.393 e. The molecule has 10 aliphatic rings. The summed E-state index contributed by atoms with van der Waals surface area (Å²) in [5, 5.41) is 44.6. The van der Waals surface area contributed by atoms with Crippen LogP contribution in [0.5, 0.6) is 0 Å². The molecular formula is C46H71ClN2O4. The van der Waals surface area contributed by atoms with E-state index in [9.17, 15) is 20.4 Å². The number of nitrogens with zero attached hydrogens (tertiary/aromatic N) is 2. The first-order valence-electron chi connectivity index (χ1n) is 22.0. The van der Waals surface area contributed by atoms with Crippen LogP contribution in [-0.2, 0) is 0 Å². The molecule has 0 amide bonds. The van der Waals surface area contributed by atoms with Gasteiger partial charge >= 0.3 is 0 Å². The minimum absolute atomic E-state index is 0. The molecule has 8 fully saturated rings. The van der Waals surface area contributed by atoms with E-state index in [2.05, 4.69) is 49.8 Å². The van der Waals surface area contributed by atoms with Gasteiger partial charge in [0.1, 0.15) is 0 Å². The van der Waals surface area contributed by atoms with E-state index in [-0.39, 0.29) is 35.4 Å². The highest BCUT2D eigenvalue weighted by Gasteiger charge is 2.69. The number of rotatable bonds is 2. The van der Waals surface area contributed by atoms with Gasteiger partial charge in [0.2, 0.25) is 0 Å². The van der Waals surface area contributed by atoms with Crippen LogP contribution in [0.1, 0.15) is 156 Å². The Kier molecular flexibility index (Phi) is 9.90. The Hall–Kier alpha value is -1.05. The molecule has 0 aromatic carbocycles. The van der Waals surface area contributed by atoms with Gasteiger partial charge in [-0.3, -0.25) is 9.98 Å². The van der Waals surface area contributed by atoms with E-state index in [0.717, 1.165) is 103 Å². The molecule has 0 saturated heterocycles. The summed E-state index contributed by atoms with van der Waals surface area (Å²) in [6.07, 6.45) is 30.1. The zero-order valence-electron chi connectivity index (χ0n) is 33.3. The minimum atomic E-state index is -0.524. The summed E-state index contributed by atoms with van der Waals surface area (Å²) in [6, 6.07) is 0. The Morgan fingerprint density at radius 3 is 1.30 bits per heavy atom. The van der Waals surface area contributed by atoms with Crippen LogP contribution in [0.4, 0.5) is 0 Å². The third-order valence-corrected chi connectivity index (χ3v) is 19.7. The average molecular weight is 752 g/mol. The fourth-order valence-corrected chi connectivity index (χ4v) is 16.6. The molecule has 6 nitrogen and oxygen atoms in total. The summed E-state index contributed by atoms with van der Waals surface area (Å²) in [5.74, 6) is 4.32. The molecule has 296 valence electrons. The first-order chi connectivity index (χ1) is 24.8. The van der Waals surface area contributed by atoms with E-state index in [1.165, 1.54) is 37.1 Å². The molecule has 7 heteroatoms. The maximum Gasteiger partial charge on any atom is 0.0738 e. The van der Waals surface area contributed by atoms with Crippen molar-refractivity contribution < 1.29 is 20.4 Å². The lowest BCUT2D eigenvalue weighted by molar-refractivity contribution is -0.208. The highest BCUT2D eigenvalue weighted by molar-refractivity contribution is 5.85. The van der Waals surface area contributed by atoms with Crippen molar-refractivity contribution in [3.8, 4) is 0 Å². The molecule has 8 saturated carbocycles. The molecule has 4 N–H and O–H groups in total. The second-order valence-corrected chi connectivity index (χ2v) is 21.1. The van der Waals surface area contributed by atoms with Crippen LogP contribution in [-0.4, -0.2) is 56.3 Å². The summed E-state index contributed by atoms with van der Waals surface area (Å²) in [4.78, 5) is 9.35. The van der Waals surface area contributed by atoms with Crippen molar-refractivity contribution in [2.24, 2.45) is 79.0 Å². The van der Waals surface area contributed by atoms with Crippen LogP contribution < -0.4 is 0 Å². The molecule has 0 bridgehead atoms. The maximum absolute atomic E-state index is 12.1. The SMILES string of the molecule is C[C@]12CC[C@H](O)C[C@H]1CCC1C2CC[C@]2(C)[C@@H](C3=CCC=N3)CC[C@]12O.C[C@]12CC[C@H](O)C[C@H]1CCC1C2CC[C@]2(C)[C@@H](C3=CCC=N3)CC[C@]12O.Cl. The molecule has 0 aromatic rings. The summed E-state index contributed by atoms with van der Waals surface area (Å²) >= 11 is 0. The lowest BCUT2D eigenvalue weighted by Crippen LogP contribution is -2.62. The van der Waals surface area contributed by atoms with Gasteiger partial charge in [0.15, 0.2) is 0 Å². The minimum Gasteiger partial charge on any atom is -0.393 e. The van der Waals surface area contributed by atoms with Crippen molar-refractivity contribution in [3.63, 3.8) is 0 Å². The average Bonchev–Trinajstić information content (AvgIpc) is 3.93. The Bertz CT molecular complexity index is 1430. The Balaban J connectivity index is 0.000000148. The van der Waals surface area contributed by atoms with E-state index in [1.807, 2.05) is 12.4 Å². The molecule has 4 unspecified atom stereocenters. The summed E-state index contributed by atoms with van der Waals surface area (Å²) in [5.41, 5.74) is 2.07. The van der Waals surface area contributed by atoms with Crippen molar-refractivity contribution in [2.75, 3.05) is 0 Å². The molecule has 8 aliphatic carbocycles. The van der Waals surface area contributed by atoms with Crippen molar-refractivity contribution in [2.45, 2.75) is 180 Å². The topological polar surface area (TPSA) is 106 Å². The molecule has 0 aromatic heterocycles. The number of hydrogen-bond acceptors (Lipinski definition) is 6. The zero-order valence-corrected chi connectivity index (χ0v) is 34.1. The molecule has 2 heterocycles. The van der Waals surface area contributed by atoms with Crippen molar-refractivity contribution in [3.05, 3.63) is 23.5 Å². The third kappa shape index (κ3) is 5.50. The monoisotopic (exact) mass is 751 g/mol. The maximum atomic E-state index is 12.1. The molecule has 53 heavy (non-hydrogen) atoms. The van der Waals surface area contributed by atoms with Crippen molar-refractivity contribution in [1.29, 1.82) is 0 Å². The van der Waals surface area contributed by atoms with Gasteiger partial charge in [-0.2, -0.15) is 0 Å². The number of aliphatic hydroxyl groups is 4. The second-order valence-electron chi connectivity index (χ2n) is 21.1. The fraction of sp³-hybridized carbons (Fsp3) is 0.870. The standard InChI is InChI=1S/2C23H35NO2.ClH/c2*1-21-10-7-16(25)14-15(21)5-6-18-17(21)8-11-22(2)19(9-12-23(18,22)26)20-4-3-13-24-20;/h2*4,13,15-19,25-26H,3,5-12,14H2,1-2H3;1H/t2*15-,16+,17?,18?,19-,21+,22-,23+;/m11./s1. The van der Waals surface area contributed by atoms with Gasteiger partial charge in [-0.25, -0.2) is 0 Å². The Morgan fingerprint density at radius 1 is 0.509 bits per heavy atom. The van der Waals surface area contributed by atoms with Crippen LogP contribution in [0, 0.1) is 69.0 Å². The van der Waals surface area contributed by atoms with Crippen molar-refractivity contribution in [1.82, 2.24) is 0 Å². The van der Waals surface area contributed by atoms with Crippen LogP contribution in [0.25, 0.3) is 0 Å². The van der Waals surface area contributed by atoms with Crippen molar-refractivity contribution >= 4 is 24.8 Å². The lowest BCUT2D eigenvalue weighted by atomic mass is 9.43. The summed E-state index contributed by atoms with van der Waals surface area (Å²) < 4.78 is 0. The highest BCUT2D eigenvalue weighted by Crippen LogP contribution is 2.71. The molecule has 0 radical (unpaired) electrons. The van der Waals surface area contributed by atoms with E-state index < -0.39 is 11.2 Å². The first-order valence-corrected chi connectivity index (χ1v) is 22.0. The smallest absolute Gasteiger partial charge is 0.0738 e. The number of hydrogen-bond donors (Lipinski definition) is 4. The molecule has 10 rings (SSSR count). The second kappa shape index (κ2) is 13.5. The van der Waals surface area contributed by atoms with Crippen LogP contribution in [0.3, 0.4) is 0 Å². The first kappa shape index (κ1) is 38.8. The van der Waals surface area contributed by atoms with E-state index in [0.29, 0.717) is 58.2 Å². The van der Waals surface area contributed by atoms with Crippen LogP contribution >= 0.6 is 12.4 Å². The number of allylic oxidation sites excluding steroid dienone is 4. The molecule has 2 aliphatic heterocycles. The van der Waals surface area contributed by atoms with Gasteiger partial charge in [0.05, 0.1) is 23.4 Å². The predicted molar refractivity (Wildman–Crippen MR) is 215 cm³/mol. The van der Waals surface area contributed by atoms with E-state index in [4.69, 9.17) is 0 Å². The van der Waals surface area contributed by atoms with E-state index >= 15 is 0 Å². The summed E-state index contributed by atoms with van der Waals surface area (Å²) in [7, 11) is 0. The van der Waals surface area contributed by atoms with Gasteiger partial charge < -0.3 is 20.4 Å². The Labute approximate surface area is 326 Å². The number of fused-ring (bicyclic) bond motifs is 10.